The van der Waals surface area contributed by atoms with Gasteiger partial charge in [0.25, 0.3) is 0 Å². The lowest BCUT2D eigenvalue weighted by molar-refractivity contribution is -0.144. The molecular formula is C26H37N7O5. The van der Waals surface area contributed by atoms with Crippen molar-refractivity contribution in [3.8, 4) is 11.3 Å². The number of nitrogens with zero attached hydrogens (tertiary/aromatic N) is 5. The van der Waals surface area contributed by atoms with Crippen LogP contribution in [-0.2, 0) is 19.1 Å². The molecule has 206 valence electrons. The van der Waals surface area contributed by atoms with E-state index in [9.17, 15) is 19.5 Å². The van der Waals surface area contributed by atoms with E-state index in [2.05, 4.69) is 20.9 Å². The highest BCUT2D eigenvalue weighted by molar-refractivity contribution is 5.90. The number of likely N-dealkylation sites (tertiary alicyclic amines) is 1. The second-order valence-electron chi connectivity index (χ2n) is 10.8. The highest BCUT2D eigenvalue weighted by Gasteiger charge is 2.45. The van der Waals surface area contributed by atoms with E-state index in [0.29, 0.717) is 32.0 Å². The molecule has 3 atom stereocenters. The van der Waals surface area contributed by atoms with Crippen molar-refractivity contribution in [3.05, 3.63) is 30.5 Å². The number of nitrogens with one attached hydrogen (secondary N) is 2. The fourth-order valence-corrected chi connectivity index (χ4v) is 4.94. The predicted molar refractivity (Wildman–Crippen MR) is 140 cm³/mol. The van der Waals surface area contributed by atoms with Crippen LogP contribution >= 0.6 is 0 Å². The molecule has 0 aliphatic carbocycles. The van der Waals surface area contributed by atoms with E-state index < -0.39 is 23.6 Å². The fourth-order valence-electron chi connectivity index (χ4n) is 4.94. The normalized spacial score (nSPS) is 20.8. The van der Waals surface area contributed by atoms with E-state index >= 15 is 0 Å². The van der Waals surface area contributed by atoms with Crippen molar-refractivity contribution in [2.24, 2.45) is 5.41 Å². The molecule has 1 aromatic carbocycles. The summed E-state index contributed by atoms with van der Waals surface area (Å²) >= 11 is 0. The summed E-state index contributed by atoms with van der Waals surface area (Å²) in [5.74, 6) is -0.590. The smallest absolute Gasteiger partial charge is 0.248 e. The Morgan fingerprint density at radius 3 is 2.63 bits per heavy atom. The Kier molecular flexibility index (Phi) is 8.32. The van der Waals surface area contributed by atoms with Crippen molar-refractivity contribution in [1.82, 2.24) is 30.1 Å². The molecule has 12 heteroatoms. The van der Waals surface area contributed by atoms with E-state index in [1.165, 1.54) is 16.6 Å². The van der Waals surface area contributed by atoms with Crippen LogP contribution in [0.5, 0.6) is 0 Å². The molecule has 0 bridgehead atoms. The molecule has 2 aliphatic rings. The lowest BCUT2D eigenvalue weighted by Gasteiger charge is -2.34. The second-order valence-corrected chi connectivity index (χ2v) is 10.8. The number of anilines is 1. The van der Waals surface area contributed by atoms with Gasteiger partial charge in [0.2, 0.25) is 17.7 Å². The molecule has 4 rings (SSSR count). The van der Waals surface area contributed by atoms with E-state index in [1.807, 2.05) is 45.0 Å². The monoisotopic (exact) mass is 527 g/mol. The van der Waals surface area contributed by atoms with Gasteiger partial charge in [0.05, 0.1) is 32.1 Å². The van der Waals surface area contributed by atoms with Crippen LogP contribution in [0.15, 0.2) is 30.5 Å². The number of rotatable bonds is 7. The number of aliphatic hydroxyl groups excluding tert-OH is 1. The van der Waals surface area contributed by atoms with Crippen molar-refractivity contribution < 1.29 is 24.2 Å². The summed E-state index contributed by atoms with van der Waals surface area (Å²) in [6.07, 6.45) is 1.14. The molecule has 0 radical (unpaired) electrons. The zero-order valence-electron chi connectivity index (χ0n) is 22.4. The molecule has 2 unspecified atom stereocenters. The van der Waals surface area contributed by atoms with Crippen LogP contribution in [0.25, 0.3) is 11.3 Å². The molecule has 3 heterocycles. The lowest BCUT2D eigenvalue weighted by atomic mass is 9.85. The molecule has 3 N–H and O–H groups in total. The van der Waals surface area contributed by atoms with E-state index in [0.717, 1.165) is 11.3 Å². The zero-order valence-corrected chi connectivity index (χ0v) is 22.4. The number of β-amino-alcohol motifs (C(OH)–C–C–N with tert-alkyl or cyclic N) is 1. The van der Waals surface area contributed by atoms with Crippen molar-refractivity contribution in [2.75, 3.05) is 51.8 Å². The quantitative estimate of drug-likeness (QED) is 0.473. The molecule has 2 aromatic rings. The molecule has 1 aromatic heterocycles. The first-order chi connectivity index (χ1) is 18.1. The number of carbonyl (C=O) groups is 3. The van der Waals surface area contributed by atoms with Crippen molar-refractivity contribution in [1.29, 1.82) is 0 Å². The Bertz CT molecular complexity index is 1150. The average Bonchev–Trinajstić information content (AvgIpc) is 3.54. The molecule has 2 fully saturated rings. The molecule has 0 spiro atoms. The van der Waals surface area contributed by atoms with Crippen molar-refractivity contribution in [2.45, 2.75) is 45.4 Å². The number of benzene rings is 1. The molecule has 2 aliphatic heterocycles. The van der Waals surface area contributed by atoms with Gasteiger partial charge in [-0.3, -0.25) is 14.4 Å². The Morgan fingerprint density at radius 2 is 1.95 bits per heavy atom. The number of carbonyl (C=O) groups excluding carboxylic acids is 3. The zero-order chi connectivity index (χ0) is 27.4. The van der Waals surface area contributed by atoms with E-state index in [-0.39, 0.29) is 37.2 Å². The van der Waals surface area contributed by atoms with Gasteiger partial charge in [-0.15, -0.1) is 5.10 Å². The number of morpholine rings is 1. The van der Waals surface area contributed by atoms with Gasteiger partial charge in [0.15, 0.2) is 0 Å². The topological polar surface area (TPSA) is 142 Å². The summed E-state index contributed by atoms with van der Waals surface area (Å²) in [4.78, 5) is 41.8. The van der Waals surface area contributed by atoms with Gasteiger partial charge in [-0.1, -0.05) is 38.1 Å². The molecule has 3 amide bonds. The van der Waals surface area contributed by atoms with Gasteiger partial charge in [0, 0.05) is 44.4 Å². The van der Waals surface area contributed by atoms with Crippen molar-refractivity contribution in [3.63, 3.8) is 0 Å². The Hall–Kier alpha value is -3.51. The summed E-state index contributed by atoms with van der Waals surface area (Å²) in [5.41, 5.74) is 1.56. The number of aromatic nitrogens is 3. The highest BCUT2D eigenvalue weighted by atomic mass is 16.5. The second kappa shape index (κ2) is 11.5. The van der Waals surface area contributed by atoms with Crippen LogP contribution < -0.4 is 10.6 Å². The van der Waals surface area contributed by atoms with E-state index in [4.69, 9.17) is 4.74 Å². The molecule has 12 nitrogen and oxygen atoms in total. The third-order valence-corrected chi connectivity index (χ3v) is 6.91. The van der Waals surface area contributed by atoms with Gasteiger partial charge >= 0.3 is 0 Å². The van der Waals surface area contributed by atoms with E-state index in [1.54, 1.807) is 11.1 Å². The minimum Gasteiger partial charge on any atom is -0.391 e. The summed E-state index contributed by atoms with van der Waals surface area (Å²) in [6, 6.07) is 6.02. The number of likely N-dealkylation sites (N-methyl/N-ethyl adjacent to an activating group) is 1. The standard InChI is InChI=1S/C26H37N7O5/c1-26(2,3)23(25(37)32-15-19(34)13-21(32)24(36)27-4)33-16-20(29-30-33)17-6-5-7-18(12-17)28-14-22(35)31-8-10-38-11-9-31/h5-7,12,16,19,21,23,28,34H,8-11,13-15H2,1-4H3,(H,27,36)/t19?,21-,23?/m1/s1. The molecular weight excluding hydrogens is 490 g/mol. The first-order valence-electron chi connectivity index (χ1n) is 12.9. The largest absolute Gasteiger partial charge is 0.391 e. The Balaban J connectivity index is 1.51. The first kappa shape index (κ1) is 27.5. The highest BCUT2D eigenvalue weighted by Crippen LogP contribution is 2.35. The van der Waals surface area contributed by atoms with Crippen LogP contribution in [0.4, 0.5) is 5.69 Å². The number of aliphatic hydroxyl groups is 1. The lowest BCUT2D eigenvalue weighted by Crippen LogP contribution is -2.49. The van der Waals surface area contributed by atoms with Crippen LogP contribution in [-0.4, -0.2) is 106 Å². The maximum absolute atomic E-state index is 13.7. The predicted octanol–water partition coefficient (Wildman–Crippen LogP) is 0.511. The minimum atomic E-state index is -0.765. The van der Waals surface area contributed by atoms with Crippen LogP contribution in [0.1, 0.15) is 33.2 Å². The summed E-state index contributed by atoms with van der Waals surface area (Å²) < 4.78 is 6.84. The Labute approximate surface area is 222 Å². The number of amides is 3. The maximum Gasteiger partial charge on any atom is 0.248 e. The summed E-state index contributed by atoms with van der Waals surface area (Å²) in [5, 5.41) is 24.6. The van der Waals surface area contributed by atoms with Gasteiger partial charge < -0.3 is 30.3 Å². The third-order valence-electron chi connectivity index (χ3n) is 6.91. The number of hydrogen-bond donors (Lipinski definition) is 3. The minimum absolute atomic E-state index is 0.0123. The maximum atomic E-state index is 13.7. The first-order valence-corrected chi connectivity index (χ1v) is 12.9. The van der Waals surface area contributed by atoms with Gasteiger partial charge in [-0.05, 0) is 17.5 Å². The number of ether oxygens (including phenoxy) is 1. The van der Waals surface area contributed by atoms with Gasteiger partial charge in [-0.25, -0.2) is 4.68 Å². The summed E-state index contributed by atoms with van der Waals surface area (Å²) in [6.45, 7) is 8.33. The third kappa shape index (κ3) is 6.13. The van der Waals surface area contributed by atoms with Crippen LogP contribution in [0.3, 0.4) is 0 Å². The fraction of sp³-hybridized carbons (Fsp3) is 0.577. The molecule has 38 heavy (non-hydrogen) atoms. The molecule has 2 saturated heterocycles. The SMILES string of the molecule is CNC(=O)[C@H]1CC(O)CN1C(=O)C(n1cc(-c2cccc(NCC(=O)N3CCOCC3)c2)nn1)C(C)(C)C. The number of hydrogen-bond acceptors (Lipinski definition) is 8. The summed E-state index contributed by atoms with van der Waals surface area (Å²) in [7, 11) is 1.52. The van der Waals surface area contributed by atoms with Crippen LogP contribution in [0, 0.1) is 5.41 Å². The van der Waals surface area contributed by atoms with Crippen molar-refractivity contribution >= 4 is 23.4 Å². The average molecular weight is 528 g/mol. The van der Waals surface area contributed by atoms with Gasteiger partial charge in [-0.2, -0.15) is 0 Å². The molecule has 0 saturated carbocycles. The van der Waals surface area contributed by atoms with Gasteiger partial charge in [0.1, 0.15) is 17.8 Å². The Morgan fingerprint density at radius 1 is 1.21 bits per heavy atom. The van der Waals surface area contributed by atoms with Crippen LogP contribution in [0.2, 0.25) is 0 Å².